The van der Waals surface area contributed by atoms with E-state index in [4.69, 9.17) is 4.52 Å². The lowest BCUT2D eigenvalue weighted by Crippen LogP contribution is -2.47. The summed E-state index contributed by atoms with van der Waals surface area (Å²) in [6, 6.07) is 8.53. The van der Waals surface area contributed by atoms with Gasteiger partial charge in [0.05, 0.1) is 29.3 Å². The molecular formula is C25H32N4O4S. The number of nitrogens with one attached hydrogen (secondary N) is 1. The van der Waals surface area contributed by atoms with Crippen molar-refractivity contribution in [1.82, 2.24) is 15.4 Å². The zero-order valence-corrected chi connectivity index (χ0v) is 20.8. The molecule has 2 N–H and O–H groups in total. The van der Waals surface area contributed by atoms with E-state index in [-0.39, 0.29) is 30.8 Å². The van der Waals surface area contributed by atoms with E-state index in [9.17, 15) is 14.7 Å². The van der Waals surface area contributed by atoms with Crippen LogP contribution in [0.25, 0.3) is 4.91 Å². The lowest BCUT2D eigenvalue weighted by molar-refractivity contribution is -0.140. The first-order chi connectivity index (χ1) is 16.2. The number of nitrogens with zero attached hydrogens (tertiary/aromatic N) is 3. The molecule has 9 heteroatoms. The Balaban J connectivity index is 1.68. The van der Waals surface area contributed by atoms with Gasteiger partial charge in [0.15, 0.2) is 0 Å². The third kappa shape index (κ3) is 5.95. The number of β-amino-alcohol motifs (C(OH)–C–C–N with tert-alkyl or cyclic N) is 1. The molecule has 1 aromatic heterocycles. The number of aliphatic imine (C=N–C) groups is 1. The van der Waals surface area contributed by atoms with Crippen LogP contribution >= 0.6 is 11.8 Å². The molecule has 34 heavy (non-hydrogen) atoms. The van der Waals surface area contributed by atoms with Gasteiger partial charge in [0, 0.05) is 31.0 Å². The van der Waals surface area contributed by atoms with Gasteiger partial charge in [0.1, 0.15) is 11.8 Å². The Morgan fingerprint density at radius 3 is 2.71 bits per heavy atom. The minimum absolute atomic E-state index is 0.116. The molecule has 0 spiro atoms. The van der Waals surface area contributed by atoms with Crippen molar-refractivity contribution >= 4 is 34.0 Å². The largest absolute Gasteiger partial charge is 0.391 e. The summed E-state index contributed by atoms with van der Waals surface area (Å²) in [5.74, 6) is -0.595. The summed E-state index contributed by atoms with van der Waals surface area (Å²) in [6.07, 6.45) is -0.0471. The molecule has 2 amide bonds. The van der Waals surface area contributed by atoms with Crippen LogP contribution in [0.4, 0.5) is 0 Å². The zero-order valence-electron chi connectivity index (χ0n) is 20.0. The smallest absolute Gasteiger partial charge is 0.243 e. The number of aliphatic hydroxyl groups is 1. The second-order valence-electron chi connectivity index (χ2n) is 8.48. The van der Waals surface area contributed by atoms with E-state index < -0.39 is 18.1 Å². The van der Waals surface area contributed by atoms with Crippen LogP contribution in [0.1, 0.15) is 61.2 Å². The van der Waals surface area contributed by atoms with E-state index in [0.717, 1.165) is 16.0 Å². The molecule has 4 atom stereocenters. The number of hydrogen-bond acceptors (Lipinski definition) is 7. The molecule has 0 bridgehead atoms. The monoisotopic (exact) mass is 484 g/mol. The van der Waals surface area contributed by atoms with E-state index in [1.165, 1.54) is 16.7 Å². The number of aliphatic hydroxyl groups excluding tert-OH is 1. The van der Waals surface area contributed by atoms with Crippen molar-refractivity contribution < 1.29 is 19.2 Å². The predicted molar refractivity (Wildman–Crippen MR) is 134 cm³/mol. The molecule has 1 saturated heterocycles. The second-order valence-corrected chi connectivity index (χ2v) is 9.42. The quantitative estimate of drug-likeness (QED) is 0.415. The minimum atomic E-state index is -0.751. The second kappa shape index (κ2) is 11.5. The highest BCUT2D eigenvalue weighted by Crippen LogP contribution is 2.29. The van der Waals surface area contributed by atoms with Crippen molar-refractivity contribution in [2.75, 3.05) is 13.6 Å². The highest BCUT2D eigenvalue weighted by atomic mass is 32.2. The fourth-order valence-corrected chi connectivity index (χ4v) is 4.59. The SMILES string of the molecule is C=C(SC=NC)c1ccc([C@H](C)NC(=O)[C@@H]2C[C@@H](O)CN2C(=O)[C@H](CC)c2cc(C)no2)cc1. The Kier molecular flexibility index (Phi) is 8.68. The van der Waals surface area contributed by atoms with Crippen molar-refractivity contribution in [1.29, 1.82) is 0 Å². The third-order valence-corrected chi connectivity index (χ3v) is 6.79. The normalized spacial score (nSPS) is 19.9. The zero-order chi connectivity index (χ0) is 24.8. The van der Waals surface area contributed by atoms with Crippen LogP contribution in [0.3, 0.4) is 0 Å². The molecule has 1 aliphatic heterocycles. The fourth-order valence-electron chi connectivity index (χ4n) is 4.09. The minimum Gasteiger partial charge on any atom is -0.391 e. The van der Waals surface area contributed by atoms with Crippen molar-refractivity contribution in [2.45, 2.75) is 57.7 Å². The first-order valence-electron chi connectivity index (χ1n) is 11.3. The number of aromatic nitrogens is 1. The predicted octanol–water partition coefficient (Wildman–Crippen LogP) is 3.68. The first kappa shape index (κ1) is 25.7. The number of rotatable bonds is 9. The molecule has 0 aliphatic carbocycles. The van der Waals surface area contributed by atoms with Gasteiger partial charge in [-0.3, -0.25) is 14.6 Å². The summed E-state index contributed by atoms with van der Waals surface area (Å²) in [5.41, 5.74) is 4.34. The molecule has 8 nitrogen and oxygen atoms in total. The Labute approximate surface area is 204 Å². The van der Waals surface area contributed by atoms with Gasteiger partial charge in [-0.25, -0.2) is 0 Å². The molecule has 0 radical (unpaired) electrons. The molecular weight excluding hydrogens is 452 g/mol. The Hall–Kier alpha value is -2.91. The maximum absolute atomic E-state index is 13.3. The van der Waals surface area contributed by atoms with Crippen molar-refractivity contribution in [3.8, 4) is 0 Å². The highest BCUT2D eigenvalue weighted by molar-refractivity contribution is 8.20. The average Bonchev–Trinajstić information content (AvgIpc) is 3.43. The number of carbonyl (C=O) groups excluding carboxylic acids is 2. The Morgan fingerprint density at radius 2 is 2.12 bits per heavy atom. The summed E-state index contributed by atoms with van der Waals surface area (Å²) in [7, 11) is 1.71. The van der Waals surface area contributed by atoms with Crippen LogP contribution < -0.4 is 5.32 Å². The summed E-state index contributed by atoms with van der Waals surface area (Å²) >= 11 is 1.45. The lowest BCUT2D eigenvalue weighted by atomic mass is 10.0. The van der Waals surface area contributed by atoms with Gasteiger partial charge in [-0.15, -0.1) is 0 Å². The third-order valence-electron chi connectivity index (χ3n) is 5.95. The van der Waals surface area contributed by atoms with Crippen LogP contribution in [-0.4, -0.2) is 58.3 Å². The topological polar surface area (TPSA) is 108 Å². The van der Waals surface area contributed by atoms with Crippen molar-refractivity contribution in [3.63, 3.8) is 0 Å². The maximum atomic E-state index is 13.3. The van der Waals surface area contributed by atoms with Crippen LogP contribution in [0, 0.1) is 6.92 Å². The molecule has 182 valence electrons. The molecule has 0 saturated carbocycles. The molecule has 2 heterocycles. The number of aryl methyl sites for hydroxylation is 1. The summed E-state index contributed by atoms with van der Waals surface area (Å²) < 4.78 is 5.32. The summed E-state index contributed by atoms with van der Waals surface area (Å²) in [6.45, 7) is 9.73. The number of likely N-dealkylation sites (tertiary alicyclic amines) is 1. The highest BCUT2D eigenvalue weighted by Gasteiger charge is 2.42. The molecule has 1 fully saturated rings. The standard InChI is InChI=1S/C25H32N4O4S/c1-6-21(23-11-15(2)28-33-23)25(32)29-13-20(30)12-22(29)24(31)27-16(3)18-7-9-19(10-8-18)17(4)34-14-26-5/h7-11,14,16,20-22,30H,4,6,12-13H2,1-3,5H3,(H,27,31)/t16-,20+,21+,22-/m0/s1. The number of amides is 2. The van der Waals surface area contributed by atoms with Gasteiger partial charge in [0.2, 0.25) is 11.8 Å². The Morgan fingerprint density at radius 1 is 1.41 bits per heavy atom. The van der Waals surface area contributed by atoms with E-state index in [2.05, 4.69) is 22.0 Å². The van der Waals surface area contributed by atoms with Gasteiger partial charge in [-0.05, 0) is 31.4 Å². The van der Waals surface area contributed by atoms with E-state index in [1.807, 2.05) is 38.1 Å². The molecule has 1 aliphatic rings. The molecule has 0 unspecified atom stereocenters. The molecule has 1 aromatic carbocycles. The van der Waals surface area contributed by atoms with E-state index in [1.54, 1.807) is 25.6 Å². The number of carbonyl (C=O) groups is 2. The van der Waals surface area contributed by atoms with Gasteiger partial charge in [-0.2, -0.15) is 0 Å². The first-order valence-corrected chi connectivity index (χ1v) is 12.2. The molecule has 2 aromatic rings. The average molecular weight is 485 g/mol. The van der Waals surface area contributed by atoms with E-state index >= 15 is 0 Å². The van der Waals surface area contributed by atoms with Gasteiger partial charge < -0.3 is 19.8 Å². The van der Waals surface area contributed by atoms with Gasteiger partial charge >= 0.3 is 0 Å². The van der Waals surface area contributed by atoms with Crippen LogP contribution in [0.15, 0.2) is 46.4 Å². The van der Waals surface area contributed by atoms with Gasteiger partial charge in [-0.1, -0.05) is 54.7 Å². The van der Waals surface area contributed by atoms with Crippen LogP contribution in [0.5, 0.6) is 0 Å². The van der Waals surface area contributed by atoms with E-state index in [0.29, 0.717) is 17.9 Å². The number of benzene rings is 1. The van der Waals surface area contributed by atoms with Crippen LogP contribution in [0.2, 0.25) is 0 Å². The maximum Gasteiger partial charge on any atom is 0.243 e. The van der Waals surface area contributed by atoms with Gasteiger partial charge in [0.25, 0.3) is 0 Å². The Bertz CT molecular complexity index is 1050. The molecule has 3 rings (SSSR count). The number of hydrogen-bond donors (Lipinski definition) is 2. The summed E-state index contributed by atoms with van der Waals surface area (Å²) in [4.78, 5) is 32.8. The van der Waals surface area contributed by atoms with Crippen LogP contribution in [-0.2, 0) is 9.59 Å². The van der Waals surface area contributed by atoms with Crippen molar-refractivity contribution in [3.05, 3.63) is 59.5 Å². The fraction of sp³-hybridized carbons (Fsp3) is 0.440. The lowest BCUT2D eigenvalue weighted by Gasteiger charge is -2.28. The number of thioether (sulfide) groups is 1. The summed E-state index contributed by atoms with van der Waals surface area (Å²) in [5, 5.41) is 17.1. The van der Waals surface area contributed by atoms with Crippen molar-refractivity contribution in [2.24, 2.45) is 4.99 Å².